The van der Waals surface area contributed by atoms with E-state index >= 15 is 0 Å². The van der Waals surface area contributed by atoms with Crippen LogP contribution < -0.4 is 10.8 Å². The lowest BCUT2D eigenvalue weighted by Gasteiger charge is -2.03. The van der Waals surface area contributed by atoms with Crippen LogP contribution in [0.15, 0.2) is 41.1 Å². The molecule has 1 aromatic carbocycles. The van der Waals surface area contributed by atoms with Crippen LogP contribution >= 0.6 is 0 Å². The smallest absolute Gasteiger partial charge is 0.432 e. The van der Waals surface area contributed by atoms with Gasteiger partial charge in [-0.2, -0.15) is 0 Å². The molecule has 2 rings (SSSR count). The highest BCUT2D eigenvalue weighted by Gasteiger charge is 2.09. The maximum atomic E-state index is 8.88. The van der Waals surface area contributed by atoms with Gasteiger partial charge < -0.3 is 19.8 Å². The minimum atomic E-state index is -1.44. The van der Waals surface area contributed by atoms with Gasteiger partial charge in [0.05, 0.1) is 6.20 Å². The van der Waals surface area contributed by atoms with E-state index in [1.54, 1.807) is 24.3 Å². The highest BCUT2D eigenvalue weighted by atomic mass is 16.4. The van der Waals surface area contributed by atoms with E-state index in [2.05, 4.69) is 10.3 Å². The first-order valence-corrected chi connectivity index (χ1v) is 4.38. The molecule has 15 heavy (non-hydrogen) atoms. The Labute approximate surface area is 86.5 Å². The Balaban J connectivity index is 2.11. The van der Waals surface area contributed by atoms with Crippen molar-refractivity contribution in [2.75, 3.05) is 5.32 Å². The Morgan fingerprint density at radius 1 is 1.20 bits per heavy atom. The summed E-state index contributed by atoms with van der Waals surface area (Å²) in [6.07, 6.45) is 3.00. The van der Waals surface area contributed by atoms with Crippen molar-refractivity contribution in [2.24, 2.45) is 0 Å². The standard InChI is InChI=1S/C9H9BN2O3/c13-10(14)7-1-3-8(4-2-7)12-9-11-5-6-15-9/h1-6,13-14H,(H,11,12). The van der Waals surface area contributed by atoms with Crippen molar-refractivity contribution in [3.63, 3.8) is 0 Å². The van der Waals surface area contributed by atoms with Gasteiger partial charge in [0.2, 0.25) is 0 Å². The average Bonchev–Trinajstić information content (AvgIpc) is 2.71. The molecule has 1 aromatic heterocycles. The minimum Gasteiger partial charge on any atom is -0.432 e. The molecular weight excluding hydrogens is 195 g/mol. The molecule has 5 nitrogen and oxygen atoms in total. The van der Waals surface area contributed by atoms with E-state index in [0.29, 0.717) is 11.5 Å². The molecule has 0 radical (unpaired) electrons. The summed E-state index contributed by atoms with van der Waals surface area (Å²) in [5.74, 6) is 0. The predicted molar refractivity (Wildman–Crippen MR) is 56.1 cm³/mol. The maximum Gasteiger partial charge on any atom is 0.488 e. The number of anilines is 2. The molecule has 76 valence electrons. The molecule has 0 spiro atoms. The summed E-state index contributed by atoms with van der Waals surface area (Å²) < 4.78 is 4.99. The zero-order chi connectivity index (χ0) is 10.7. The molecule has 2 aromatic rings. The van der Waals surface area contributed by atoms with Crippen LogP contribution in [-0.2, 0) is 0 Å². The number of nitrogens with one attached hydrogen (secondary N) is 1. The van der Waals surface area contributed by atoms with Gasteiger partial charge in [-0.3, -0.25) is 0 Å². The number of hydrogen-bond donors (Lipinski definition) is 3. The van der Waals surface area contributed by atoms with Crippen LogP contribution in [0.25, 0.3) is 0 Å². The van der Waals surface area contributed by atoms with Crippen LogP contribution in [0.3, 0.4) is 0 Å². The second kappa shape index (κ2) is 4.16. The molecule has 0 aliphatic carbocycles. The first-order chi connectivity index (χ1) is 7.25. The topological polar surface area (TPSA) is 78.5 Å². The Morgan fingerprint density at radius 3 is 2.47 bits per heavy atom. The average molecular weight is 204 g/mol. The number of nitrogens with zero attached hydrogens (tertiary/aromatic N) is 1. The quantitative estimate of drug-likeness (QED) is 0.618. The molecule has 0 aliphatic heterocycles. The second-order valence-electron chi connectivity index (χ2n) is 2.96. The normalized spacial score (nSPS) is 10.0. The van der Waals surface area contributed by atoms with Crippen molar-refractivity contribution in [3.05, 3.63) is 36.7 Å². The highest BCUT2D eigenvalue weighted by molar-refractivity contribution is 6.58. The predicted octanol–water partition coefficient (Wildman–Crippen LogP) is 0.0980. The van der Waals surface area contributed by atoms with Gasteiger partial charge in [0, 0.05) is 5.69 Å². The summed E-state index contributed by atoms with van der Waals surface area (Å²) in [5.41, 5.74) is 1.20. The summed E-state index contributed by atoms with van der Waals surface area (Å²) in [6.45, 7) is 0. The Kier molecular flexibility index (Phi) is 2.71. The van der Waals surface area contributed by atoms with Gasteiger partial charge in [-0.25, -0.2) is 4.98 Å². The van der Waals surface area contributed by atoms with E-state index in [-0.39, 0.29) is 0 Å². The summed E-state index contributed by atoms with van der Waals surface area (Å²) in [5, 5.41) is 20.7. The lowest BCUT2D eigenvalue weighted by Crippen LogP contribution is -2.29. The third-order valence-corrected chi connectivity index (χ3v) is 1.89. The van der Waals surface area contributed by atoms with Gasteiger partial charge >= 0.3 is 7.12 Å². The van der Waals surface area contributed by atoms with Gasteiger partial charge in [-0.1, -0.05) is 12.1 Å². The molecular formula is C9H9BN2O3. The van der Waals surface area contributed by atoms with Crippen molar-refractivity contribution in [1.82, 2.24) is 4.98 Å². The van der Waals surface area contributed by atoms with E-state index in [1.807, 2.05) is 0 Å². The molecule has 0 saturated carbocycles. The zero-order valence-electron chi connectivity index (χ0n) is 7.79. The number of oxazole rings is 1. The van der Waals surface area contributed by atoms with Crippen molar-refractivity contribution in [1.29, 1.82) is 0 Å². The van der Waals surface area contributed by atoms with Crippen molar-refractivity contribution in [2.45, 2.75) is 0 Å². The third kappa shape index (κ3) is 2.36. The van der Waals surface area contributed by atoms with Crippen LogP contribution in [-0.4, -0.2) is 22.2 Å². The van der Waals surface area contributed by atoms with Crippen molar-refractivity contribution in [3.8, 4) is 0 Å². The Hall–Kier alpha value is -1.79. The number of aromatic nitrogens is 1. The molecule has 3 N–H and O–H groups in total. The second-order valence-corrected chi connectivity index (χ2v) is 2.96. The molecule has 0 bridgehead atoms. The van der Waals surface area contributed by atoms with Crippen molar-refractivity contribution >= 4 is 24.3 Å². The van der Waals surface area contributed by atoms with Gasteiger partial charge in [0.25, 0.3) is 6.01 Å². The molecule has 0 fully saturated rings. The zero-order valence-corrected chi connectivity index (χ0v) is 7.79. The molecule has 0 saturated heterocycles. The number of hydrogen-bond acceptors (Lipinski definition) is 5. The van der Waals surface area contributed by atoms with Crippen molar-refractivity contribution < 1.29 is 14.5 Å². The lowest BCUT2D eigenvalue weighted by molar-refractivity contribution is 0.426. The van der Waals surface area contributed by atoms with Gasteiger partial charge in [0.15, 0.2) is 0 Å². The van der Waals surface area contributed by atoms with Crippen LogP contribution in [0.5, 0.6) is 0 Å². The SMILES string of the molecule is OB(O)c1ccc(Nc2ncco2)cc1. The number of benzene rings is 1. The molecule has 1 heterocycles. The largest absolute Gasteiger partial charge is 0.488 e. The van der Waals surface area contributed by atoms with E-state index in [0.717, 1.165) is 5.69 Å². The summed E-state index contributed by atoms with van der Waals surface area (Å²) in [7, 11) is -1.44. The highest BCUT2D eigenvalue weighted by Crippen LogP contribution is 2.12. The molecule has 0 aliphatic rings. The Morgan fingerprint density at radius 2 is 1.93 bits per heavy atom. The van der Waals surface area contributed by atoms with Gasteiger partial charge in [0.1, 0.15) is 6.26 Å². The van der Waals surface area contributed by atoms with Crippen LogP contribution in [0.1, 0.15) is 0 Å². The van der Waals surface area contributed by atoms with E-state index < -0.39 is 7.12 Å². The van der Waals surface area contributed by atoms with E-state index in [4.69, 9.17) is 14.5 Å². The summed E-state index contributed by atoms with van der Waals surface area (Å²) >= 11 is 0. The first kappa shape index (κ1) is 9.76. The number of rotatable bonds is 3. The van der Waals surface area contributed by atoms with E-state index in [1.165, 1.54) is 12.5 Å². The molecule has 0 amide bonds. The van der Waals surface area contributed by atoms with E-state index in [9.17, 15) is 0 Å². The van der Waals surface area contributed by atoms with Crippen LogP contribution in [0.2, 0.25) is 0 Å². The maximum absolute atomic E-state index is 8.88. The lowest BCUT2D eigenvalue weighted by atomic mass is 9.80. The monoisotopic (exact) mass is 204 g/mol. The summed E-state index contributed by atoms with van der Waals surface area (Å²) in [6, 6.07) is 7.02. The fraction of sp³-hybridized carbons (Fsp3) is 0. The summed E-state index contributed by atoms with van der Waals surface area (Å²) in [4.78, 5) is 3.89. The Bertz CT molecular complexity index is 413. The first-order valence-electron chi connectivity index (χ1n) is 4.38. The third-order valence-electron chi connectivity index (χ3n) is 1.89. The molecule has 6 heteroatoms. The van der Waals surface area contributed by atoms with Gasteiger partial charge in [-0.15, -0.1) is 0 Å². The molecule has 0 unspecified atom stereocenters. The fourth-order valence-electron chi connectivity index (χ4n) is 1.15. The minimum absolute atomic E-state index is 0.396. The van der Waals surface area contributed by atoms with Crippen LogP contribution in [0.4, 0.5) is 11.7 Å². The fourth-order valence-corrected chi connectivity index (χ4v) is 1.15. The van der Waals surface area contributed by atoms with Gasteiger partial charge in [-0.05, 0) is 17.6 Å². The molecule has 0 atom stereocenters. The van der Waals surface area contributed by atoms with Crippen LogP contribution in [0, 0.1) is 0 Å².